The van der Waals surface area contributed by atoms with Gasteiger partial charge in [0.2, 0.25) is 0 Å². The van der Waals surface area contributed by atoms with Gasteiger partial charge in [0, 0.05) is 25.1 Å². The number of benzene rings is 1. The summed E-state index contributed by atoms with van der Waals surface area (Å²) in [4.78, 5) is 37.3. The maximum Gasteiger partial charge on any atom is 0.254 e. The molecule has 166 valence electrons. The van der Waals surface area contributed by atoms with Crippen LogP contribution in [0, 0.1) is 12.7 Å². The van der Waals surface area contributed by atoms with Crippen molar-refractivity contribution in [2.45, 2.75) is 58.0 Å². The summed E-state index contributed by atoms with van der Waals surface area (Å²) in [5.41, 5.74) is 2.11. The summed E-state index contributed by atoms with van der Waals surface area (Å²) >= 11 is 1.30. The van der Waals surface area contributed by atoms with Crippen molar-refractivity contribution in [3.63, 3.8) is 0 Å². The quantitative estimate of drug-likeness (QED) is 0.591. The maximum atomic E-state index is 13.3. The maximum absolute atomic E-state index is 13.3. The van der Waals surface area contributed by atoms with Crippen LogP contribution in [0.1, 0.15) is 72.1 Å². The molecule has 1 aliphatic heterocycles. The lowest BCUT2D eigenvalue weighted by atomic mass is 9.84. The van der Waals surface area contributed by atoms with Gasteiger partial charge in [-0.3, -0.25) is 9.59 Å². The lowest BCUT2D eigenvalue weighted by Gasteiger charge is -2.36. The molecule has 1 fully saturated rings. The van der Waals surface area contributed by atoms with E-state index in [2.05, 4.69) is 13.9 Å². The number of ketones is 1. The molecular formula is C23H24FN5O2S. The minimum Gasteiger partial charge on any atom is -0.329 e. The van der Waals surface area contributed by atoms with Crippen LogP contribution in [0.15, 0.2) is 24.3 Å². The van der Waals surface area contributed by atoms with E-state index in [1.807, 2.05) is 13.8 Å². The first kappa shape index (κ1) is 20.9. The van der Waals surface area contributed by atoms with Crippen LogP contribution < -0.4 is 0 Å². The molecule has 0 unspecified atom stereocenters. The minimum atomic E-state index is -0.374. The van der Waals surface area contributed by atoms with Gasteiger partial charge in [-0.25, -0.2) is 14.4 Å². The molecule has 1 amide bonds. The summed E-state index contributed by atoms with van der Waals surface area (Å²) in [6, 6.07) is 5.35. The van der Waals surface area contributed by atoms with Gasteiger partial charge in [-0.15, -0.1) is 0 Å². The minimum absolute atomic E-state index is 0.154. The number of aromatic nitrogens is 4. The number of halogens is 1. The molecule has 0 bridgehead atoms. The van der Waals surface area contributed by atoms with Crippen molar-refractivity contribution < 1.29 is 14.0 Å². The van der Waals surface area contributed by atoms with Gasteiger partial charge >= 0.3 is 0 Å². The highest BCUT2D eigenvalue weighted by molar-refractivity contribution is 7.09. The van der Waals surface area contributed by atoms with Crippen LogP contribution in [0.4, 0.5) is 4.39 Å². The lowest BCUT2D eigenvalue weighted by molar-refractivity contribution is -0.122. The monoisotopic (exact) mass is 453 g/mol. The second kappa shape index (κ2) is 8.20. The summed E-state index contributed by atoms with van der Waals surface area (Å²) in [6.45, 7) is 4.86. The SMILES string of the molecule is Cc1nsc(-c2nc([C@@H]3CCCCC3=O)c3n2CCN(C(=O)c2ccc(F)cc2)[C@@H]3C)n1. The molecule has 1 aromatic carbocycles. The number of rotatable bonds is 3. The summed E-state index contributed by atoms with van der Waals surface area (Å²) < 4.78 is 19.8. The highest BCUT2D eigenvalue weighted by Crippen LogP contribution is 2.40. The van der Waals surface area contributed by atoms with E-state index in [0.717, 1.165) is 41.5 Å². The number of imidazole rings is 1. The normalized spacial score (nSPS) is 21.0. The zero-order chi connectivity index (χ0) is 22.4. The first-order valence-electron chi connectivity index (χ1n) is 10.9. The number of carbonyl (C=O) groups excluding carboxylic acids is 2. The van der Waals surface area contributed by atoms with Crippen LogP contribution in [0.2, 0.25) is 0 Å². The molecule has 3 heterocycles. The van der Waals surface area contributed by atoms with Crippen LogP contribution in [-0.4, -0.2) is 42.0 Å². The fourth-order valence-electron chi connectivity index (χ4n) is 4.81. The van der Waals surface area contributed by atoms with Crippen molar-refractivity contribution in [3.05, 3.63) is 52.9 Å². The molecule has 9 heteroatoms. The summed E-state index contributed by atoms with van der Waals surface area (Å²) in [5.74, 6) is 0.845. The first-order chi connectivity index (χ1) is 15.4. The third-order valence-corrected chi connectivity index (χ3v) is 7.22. The molecule has 2 aromatic heterocycles. The predicted octanol–water partition coefficient (Wildman–Crippen LogP) is 4.29. The number of fused-ring (bicyclic) bond motifs is 1. The Morgan fingerprint density at radius 2 is 1.94 bits per heavy atom. The van der Waals surface area contributed by atoms with Crippen LogP contribution in [0.25, 0.3) is 10.8 Å². The summed E-state index contributed by atoms with van der Waals surface area (Å²) in [6.07, 6.45) is 3.24. The molecule has 0 saturated heterocycles. The fraction of sp³-hybridized carbons (Fsp3) is 0.435. The second-order valence-corrected chi connectivity index (χ2v) is 9.20. The van der Waals surface area contributed by atoms with E-state index < -0.39 is 0 Å². The third-order valence-electron chi connectivity index (χ3n) is 6.42. The Hall–Kier alpha value is -2.94. The van der Waals surface area contributed by atoms with Crippen molar-refractivity contribution in [2.24, 2.45) is 0 Å². The van der Waals surface area contributed by atoms with Crippen molar-refractivity contribution in [2.75, 3.05) is 6.54 Å². The molecule has 7 nitrogen and oxygen atoms in total. The Labute approximate surface area is 189 Å². The van der Waals surface area contributed by atoms with Gasteiger partial charge in [-0.05, 0) is 62.5 Å². The van der Waals surface area contributed by atoms with E-state index in [1.165, 1.54) is 35.8 Å². The standard InChI is InChI=1S/C23H24FN5O2S/c1-13-20-19(17-5-3-4-6-18(17)30)26-21(22-25-14(2)27-32-22)29(20)12-11-28(13)23(31)15-7-9-16(24)10-8-15/h7-10,13,17H,3-6,11-12H2,1-2H3/t13-,17-/m1/s1. The van der Waals surface area contributed by atoms with Crippen LogP contribution in [0.3, 0.4) is 0 Å². The number of aryl methyl sites for hydroxylation is 1. The van der Waals surface area contributed by atoms with Crippen LogP contribution in [-0.2, 0) is 11.3 Å². The lowest BCUT2D eigenvalue weighted by Crippen LogP contribution is -2.41. The number of hydrogen-bond donors (Lipinski definition) is 0. The molecule has 1 aliphatic carbocycles. The van der Waals surface area contributed by atoms with Crippen molar-refractivity contribution in [3.8, 4) is 10.8 Å². The highest BCUT2D eigenvalue weighted by Gasteiger charge is 2.38. The van der Waals surface area contributed by atoms with Gasteiger partial charge in [0.05, 0.1) is 23.3 Å². The smallest absolute Gasteiger partial charge is 0.254 e. The number of carbonyl (C=O) groups is 2. The zero-order valence-corrected chi connectivity index (χ0v) is 18.9. The third kappa shape index (κ3) is 3.54. The van der Waals surface area contributed by atoms with Crippen LogP contribution in [0.5, 0.6) is 0 Å². The van der Waals surface area contributed by atoms with E-state index in [1.54, 1.807) is 4.90 Å². The second-order valence-electron chi connectivity index (χ2n) is 8.45. The van der Waals surface area contributed by atoms with Crippen molar-refractivity contribution in [1.82, 2.24) is 23.8 Å². The largest absolute Gasteiger partial charge is 0.329 e. The van der Waals surface area contributed by atoms with E-state index in [4.69, 9.17) is 4.98 Å². The van der Waals surface area contributed by atoms with Gasteiger partial charge in [-0.1, -0.05) is 6.42 Å². The molecule has 0 radical (unpaired) electrons. The van der Waals surface area contributed by atoms with E-state index in [-0.39, 0.29) is 29.5 Å². The average Bonchev–Trinajstić information content (AvgIpc) is 3.38. The Kier molecular flexibility index (Phi) is 5.36. The van der Waals surface area contributed by atoms with Gasteiger partial charge < -0.3 is 9.47 Å². The topological polar surface area (TPSA) is 81.0 Å². The Morgan fingerprint density at radius 3 is 2.62 bits per heavy atom. The average molecular weight is 454 g/mol. The molecule has 1 saturated carbocycles. The molecule has 2 aliphatic rings. The highest BCUT2D eigenvalue weighted by atomic mass is 32.1. The van der Waals surface area contributed by atoms with Gasteiger partial charge in [-0.2, -0.15) is 4.37 Å². The molecule has 5 rings (SSSR count). The van der Waals surface area contributed by atoms with Crippen molar-refractivity contribution in [1.29, 1.82) is 0 Å². The number of nitrogens with zero attached hydrogens (tertiary/aromatic N) is 5. The van der Waals surface area contributed by atoms with E-state index >= 15 is 0 Å². The fourth-order valence-corrected chi connectivity index (χ4v) is 5.48. The first-order valence-corrected chi connectivity index (χ1v) is 11.7. The number of Topliss-reactive ketones (excluding diaryl/α,β-unsaturated/α-hetero) is 1. The molecule has 3 aromatic rings. The van der Waals surface area contributed by atoms with Gasteiger partial charge in [0.1, 0.15) is 17.4 Å². The molecule has 0 N–H and O–H groups in total. The molecule has 2 atom stereocenters. The van der Waals surface area contributed by atoms with E-state index in [9.17, 15) is 14.0 Å². The summed E-state index contributed by atoms with van der Waals surface area (Å²) in [7, 11) is 0. The Balaban J connectivity index is 1.58. The van der Waals surface area contributed by atoms with E-state index in [0.29, 0.717) is 30.9 Å². The van der Waals surface area contributed by atoms with Crippen molar-refractivity contribution >= 4 is 23.2 Å². The van der Waals surface area contributed by atoms with Crippen LogP contribution >= 0.6 is 11.5 Å². The molecular weight excluding hydrogens is 429 g/mol. The van der Waals surface area contributed by atoms with Gasteiger partial charge in [0.15, 0.2) is 10.8 Å². The number of hydrogen-bond acceptors (Lipinski definition) is 6. The molecule has 0 spiro atoms. The Morgan fingerprint density at radius 1 is 1.16 bits per heavy atom. The van der Waals surface area contributed by atoms with Gasteiger partial charge in [0.25, 0.3) is 5.91 Å². The predicted molar refractivity (Wildman–Crippen MR) is 118 cm³/mol. The summed E-state index contributed by atoms with van der Waals surface area (Å²) in [5, 5.41) is 0.726. The Bertz CT molecular complexity index is 1190. The molecule has 32 heavy (non-hydrogen) atoms. The number of amides is 1. The zero-order valence-electron chi connectivity index (χ0n) is 18.0.